The van der Waals surface area contributed by atoms with Crippen molar-refractivity contribution < 1.29 is 23.8 Å². The fraction of sp³-hybridized carbons (Fsp3) is 0.350. The third kappa shape index (κ3) is 6.62. The summed E-state index contributed by atoms with van der Waals surface area (Å²) in [5.41, 5.74) is 2.52. The van der Waals surface area contributed by atoms with E-state index in [1.807, 2.05) is 49.6 Å². The number of carbonyl (C=O) groups excluding carboxylic acids is 2. The molecule has 2 rings (SSSR count). The molecule has 0 N–H and O–H groups in total. The van der Waals surface area contributed by atoms with Gasteiger partial charge in [-0.2, -0.15) is 0 Å². The van der Waals surface area contributed by atoms with Gasteiger partial charge in [0.05, 0.1) is 24.4 Å². The van der Waals surface area contributed by atoms with Gasteiger partial charge >= 0.3 is 0 Å². The molecule has 0 saturated carbocycles. The molecule has 0 fully saturated rings. The third-order valence-electron chi connectivity index (χ3n) is 3.96. The number of hydrogen-bond acceptors (Lipinski definition) is 7. The average molecular weight is 389 g/mol. The first-order chi connectivity index (χ1) is 13.0. The van der Waals surface area contributed by atoms with E-state index in [1.165, 1.54) is 0 Å². The molecule has 0 aliphatic rings. The number of carbonyl (C=O) groups is 2. The van der Waals surface area contributed by atoms with Gasteiger partial charge in [-0.25, -0.2) is 4.98 Å². The highest BCUT2D eigenvalue weighted by molar-refractivity contribution is 7.09. The molecule has 6 nitrogen and oxygen atoms in total. The number of aldehydes is 1. The predicted octanol–water partition coefficient (Wildman–Crippen LogP) is 3.58. The molecule has 0 aliphatic carbocycles. The molecule has 0 radical (unpaired) electrons. The monoisotopic (exact) mass is 389 g/mol. The van der Waals surface area contributed by atoms with Crippen LogP contribution in [-0.4, -0.2) is 37.1 Å². The molecule has 0 aliphatic heterocycles. The van der Waals surface area contributed by atoms with Crippen LogP contribution in [0, 0.1) is 6.92 Å². The van der Waals surface area contributed by atoms with Crippen LogP contribution >= 0.6 is 11.3 Å². The summed E-state index contributed by atoms with van der Waals surface area (Å²) in [5, 5.41) is 2.88. The highest BCUT2D eigenvalue weighted by atomic mass is 32.1. The van der Waals surface area contributed by atoms with Crippen LogP contribution in [0.3, 0.4) is 0 Å². The minimum absolute atomic E-state index is 0.240. The maximum atomic E-state index is 11.4. The van der Waals surface area contributed by atoms with Crippen molar-refractivity contribution >= 4 is 30.2 Å². The quantitative estimate of drug-likeness (QED) is 0.547. The lowest BCUT2D eigenvalue weighted by atomic mass is 10.0. The Morgan fingerprint density at radius 1 is 1.26 bits per heavy atom. The molecule has 7 heteroatoms. The molecule has 1 aromatic heterocycles. The first kappa shape index (κ1) is 20.8. The predicted molar refractivity (Wildman–Crippen MR) is 104 cm³/mol. The van der Waals surface area contributed by atoms with E-state index >= 15 is 0 Å². The first-order valence-corrected chi connectivity index (χ1v) is 9.33. The van der Waals surface area contributed by atoms with Crippen molar-refractivity contribution in [1.29, 1.82) is 0 Å². The lowest BCUT2D eigenvalue weighted by Gasteiger charge is -2.20. The molecule has 27 heavy (non-hydrogen) atoms. The van der Waals surface area contributed by atoms with Gasteiger partial charge in [-0.3, -0.25) is 4.79 Å². The molecule has 2 atom stereocenters. The molecule has 0 unspecified atom stereocenters. The van der Waals surface area contributed by atoms with Crippen molar-refractivity contribution in [1.82, 2.24) is 4.98 Å². The SMILES string of the molecule is COc1ccc(CO[C@H](C=O)C[C@H](OC=O)/C(C)=C/c2csc(C)n2)cc1. The van der Waals surface area contributed by atoms with Gasteiger partial charge in [0.1, 0.15) is 24.2 Å². The number of benzene rings is 1. The number of nitrogens with zero attached hydrogens (tertiary/aromatic N) is 1. The van der Waals surface area contributed by atoms with Gasteiger partial charge in [-0.1, -0.05) is 12.1 Å². The van der Waals surface area contributed by atoms with Gasteiger partial charge in [0.15, 0.2) is 0 Å². The summed E-state index contributed by atoms with van der Waals surface area (Å²) in [7, 11) is 1.60. The molecule has 0 amide bonds. The lowest BCUT2D eigenvalue weighted by Crippen LogP contribution is -2.25. The van der Waals surface area contributed by atoms with Crippen LogP contribution in [0.2, 0.25) is 0 Å². The molecule has 1 aromatic carbocycles. The Bertz CT molecular complexity index is 769. The highest BCUT2D eigenvalue weighted by Gasteiger charge is 2.20. The fourth-order valence-electron chi connectivity index (χ4n) is 2.49. The summed E-state index contributed by atoms with van der Waals surface area (Å²) in [5.74, 6) is 0.753. The Labute approximate surface area is 162 Å². The maximum Gasteiger partial charge on any atom is 0.293 e. The summed E-state index contributed by atoms with van der Waals surface area (Å²) in [6.45, 7) is 4.43. The largest absolute Gasteiger partial charge is 0.497 e. The average Bonchev–Trinajstić information content (AvgIpc) is 3.09. The second kappa shape index (κ2) is 10.6. The molecule has 0 spiro atoms. The lowest BCUT2D eigenvalue weighted by molar-refractivity contribution is -0.135. The zero-order valence-electron chi connectivity index (χ0n) is 15.6. The number of thiazole rings is 1. The second-order valence-corrected chi connectivity index (χ2v) is 7.03. The van der Waals surface area contributed by atoms with E-state index in [-0.39, 0.29) is 13.0 Å². The van der Waals surface area contributed by atoms with Crippen LogP contribution in [0.4, 0.5) is 0 Å². The van der Waals surface area contributed by atoms with Crippen LogP contribution in [0.25, 0.3) is 6.08 Å². The number of hydrogen-bond donors (Lipinski definition) is 0. The van der Waals surface area contributed by atoms with Crippen molar-refractivity contribution in [3.05, 3.63) is 51.5 Å². The van der Waals surface area contributed by atoms with Crippen molar-refractivity contribution in [2.75, 3.05) is 7.11 Å². The summed E-state index contributed by atoms with van der Waals surface area (Å²) in [6, 6.07) is 7.40. The first-order valence-electron chi connectivity index (χ1n) is 8.45. The Balaban J connectivity index is 1.99. The molecule has 2 aromatic rings. The van der Waals surface area contributed by atoms with Crippen LogP contribution in [-0.2, 0) is 25.7 Å². The topological polar surface area (TPSA) is 74.7 Å². The van der Waals surface area contributed by atoms with Gasteiger partial charge < -0.3 is 19.0 Å². The zero-order chi connectivity index (χ0) is 19.6. The molecular weight excluding hydrogens is 366 g/mol. The highest BCUT2D eigenvalue weighted by Crippen LogP contribution is 2.19. The normalized spacial score (nSPS) is 13.7. The van der Waals surface area contributed by atoms with Crippen molar-refractivity contribution in [2.24, 2.45) is 0 Å². The van der Waals surface area contributed by atoms with E-state index in [0.29, 0.717) is 6.47 Å². The van der Waals surface area contributed by atoms with Gasteiger partial charge in [-0.05, 0) is 43.2 Å². The van der Waals surface area contributed by atoms with E-state index in [9.17, 15) is 9.59 Å². The summed E-state index contributed by atoms with van der Waals surface area (Å²) in [4.78, 5) is 26.7. The zero-order valence-corrected chi connectivity index (χ0v) is 16.4. The Hall–Kier alpha value is -2.51. The fourth-order valence-corrected chi connectivity index (χ4v) is 3.06. The van der Waals surface area contributed by atoms with Crippen molar-refractivity contribution in [3.63, 3.8) is 0 Å². The van der Waals surface area contributed by atoms with Crippen LogP contribution < -0.4 is 4.74 Å². The maximum absolute atomic E-state index is 11.4. The molecule has 0 saturated heterocycles. The van der Waals surface area contributed by atoms with E-state index in [4.69, 9.17) is 14.2 Å². The van der Waals surface area contributed by atoms with E-state index < -0.39 is 12.2 Å². The molecule has 144 valence electrons. The number of rotatable bonds is 11. The molecule has 1 heterocycles. The smallest absolute Gasteiger partial charge is 0.293 e. The third-order valence-corrected chi connectivity index (χ3v) is 4.75. The minimum atomic E-state index is -0.697. The standard InChI is InChI=1S/C20H23NO5S/c1-14(8-17-12-27-15(2)21-17)20(26-13-23)9-19(10-22)25-11-16-4-6-18(24-3)7-5-16/h4-8,10,12-13,19-20H,9,11H2,1-3H3/b14-8+/t19-,20-/m0/s1. The van der Waals surface area contributed by atoms with Gasteiger partial charge in [0.2, 0.25) is 0 Å². The van der Waals surface area contributed by atoms with Crippen molar-refractivity contribution in [3.8, 4) is 5.75 Å². The number of aryl methyl sites for hydroxylation is 1. The molecular formula is C20H23NO5S. The molecule has 0 bridgehead atoms. The second-order valence-electron chi connectivity index (χ2n) is 5.97. The number of aromatic nitrogens is 1. The summed E-state index contributed by atoms with van der Waals surface area (Å²) < 4.78 is 16.0. The van der Waals surface area contributed by atoms with Gasteiger partial charge in [0.25, 0.3) is 6.47 Å². The van der Waals surface area contributed by atoms with E-state index in [0.717, 1.165) is 33.9 Å². The number of ether oxygens (including phenoxy) is 3. The summed E-state index contributed by atoms with van der Waals surface area (Å²) in [6.07, 6.45) is 1.56. The van der Waals surface area contributed by atoms with Crippen LogP contribution in [0.15, 0.2) is 35.2 Å². The minimum Gasteiger partial charge on any atom is -0.497 e. The van der Waals surface area contributed by atoms with E-state index in [1.54, 1.807) is 18.4 Å². The number of methoxy groups -OCH3 is 1. The van der Waals surface area contributed by atoms with Crippen LogP contribution in [0.1, 0.15) is 29.6 Å². The Morgan fingerprint density at radius 2 is 2.00 bits per heavy atom. The van der Waals surface area contributed by atoms with Crippen molar-refractivity contribution in [2.45, 2.75) is 39.1 Å². The van der Waals surface area contributed by atoms with E-state index in [2.05, 4.69) is 4.98 Å². The van der Waals surface area contributed by atoms with Gasteiger partial charge in [0, 0.05) is 11.8 Å². The van der Waals surface area contributed by atoms with Crippen LogP contribution in [0.5, 0.6) is 5.75 Å². The summed E-state index contributed by atoms with van der Waals surface area (Å²) >= 11 is 1.54. The van der Waals surface area contributed by atoms with Gasteiger partial charge in [-0.15, -0.1) is 11.3 Å². The Kier molecular flexibility index (Phi) is 8.16. The Morgan fingerprint density at radius 3 is 2.56 bits per heavy atom.